The number of nitrogens with one attached hydrogen (secondary N) is 1. The third-order valence-electron chi connectivity index (χ3n) is 4.49. The molecule has 9 heteroatoms. The van der Waals surface area contributed by atoms with Gasteiger partial charge < -0.3 is 10.2 Å². The first-order valence-electron chi connectivity index (χ1n) is 8.31. The van der Waals surface area contributed by atoms with Gasteiger partial charge in [0.25, 0.3) is 15.9 Å². The standard InChI is InChI=1S/C18H19Cl2N3O3S/c1-18(2,12-5-6-14(19)15(20)10-12)11-21-17(24)13-4-3-7-23-8-9-27(25,26)22-16(13)23/h3-7,10H,8-9,11H2,1-2H3,(H,21,24). The molecule has 0 radical (unpaired) electrons. The Morgan fingerprint density at radius 3 is 2.74 bits per heavy atom. The molecule has 3 rings (SSSR count). The fourth-order valence-corrected chi connectivity index (χ4v) is 4.09. The Kier molecular flexibility index (Phi) is 5.38. The molecule has 27 heavy (non-hydrogen) atoms. The van der Waals surface area contributed by atoms with Crippen molar-refractivity contribution in [1.29, 1.82) is 0 Å². The van der Waals surface area contributed by atoms with Gasteiger partial charge in [0.05, 0.1) is 21.4 Å². The highest BCUT2D eigenvalue weighted by Gasteiger charge is 2.31. The van der Waals surface area contributed by atoms with Crippen LogP contribution >= 0.6 is 23.2 Å². The van der Waals surface area contributed by atoms with Crippen LogP contribution < -0.4 is 5.32 Å². The van der Waals surface area contributed by atoms with Crippen molar-refractivity contribution in [2.75, 3.05) is 18.8 Å². The number of hydrogen-bond acceptors (Lipinski definition) is 4. The van der Waals surface area contributed by atoms with Gasteiger partial charge in [-0.3, -0.25) is 4.79 Å². The number of amidine groups is 1. The summed E-state index contributed by atoms with van der Waals surface area (Å²) in [4.78, 5) is 14.4. The minimum absolute atomic E-state index is 0.0693. The fourth-order valence-electron chi connectivity index (χ4n) is 2.81. The Hall–Kier alpha value is -1.83. The molecule has 0 saturated carbocycles. The van der Waals surface area contributed by atoms with Gasteiger partial charge in [-0.2, -0.15) is 0 Å². The van der Waals surface area contributed by atoms with Gasteiger partial charge in [0, 0.05) is 24.7 Å². The van der Waals surface area contributed by atoms with Crippen LogP contribution in [0.3, 0.4) is 0 Å². The quantitative estimate of drug-likeness (QED) is 0.800. The Labute approximate surface area is 168 Å². The first-order chi connectivity index (χ1) is 12.6. The molecule has 0 aromatic heterocycles. The number of benzene rings is 1. The molecule has 0 saturated heterocycles. The van der Waals surface area contributed by atoms with E-state index in [4.69, 9.17) is 23.2 Å². The summed E-state index contributed by atoms with van der Waals surface area (Å²) in [6.45, 7) is 4.54. The van der Waals surface area contributed by atoms with E-state index in [-0.39, 0.29) is 29.6 Å². The normalized spacial score (nSPS) is 18.4. The molecule has 6 nitrogen and oxygen atoms in total. The van der Waals surface area contributed by atoms with E-state index >= 15 is 0 Å². The number of halogens is 2. The largest absolute Gasteiger partial charge is 0.351 e. The van der Waals surface area contributed by atoms with Crippen LogP contribution in [0.1, 0.15) is 19.4 Å². The van der Waals surface area contributed by atoms with Crippen molar-refractivity contribution in [2.24, 2.45) is 4.40 Å². The number of fused-ring (bicyclic) bond motifs is 1. The number of carbonyl (C=O) groups is 1. The lowest BCUT2D eigenvalue weighted by molar-refractivity contribution is -0.117. The number of hydrogen-bond donors (Lipinski definition) is 1. The highest BCUT2D eigenvalue weighted by atomic mass is 35.5. The number of carbonyl (C=O) groups excluding carboxylic acids is 1. The average molecular weight is 428 g/mol. The summed E-state index contributed by atoms with van der Waals surface area (Å²) in [6, 6.07) is 5.36. The maximum absolute atomic E-state index is 12.7. The zero-order valence-electron chi connectivity index (χ0n) is 14.9. The van der Waals surface area contributed by atoms with Crippen molar-refractivity contribution in [2.45, 2.75) is 19.3 Å². The zero-order chi connectivity index (χ0) is 19.8. The molecular weight excluding hydrogens is 409 g/mol. The smallest absolute Gasteiger partial charge is 0.256 e. The van der Waals surface area contributed by atoms with Crippen LogP contribution in [0.2, 0.25) is 10.0 Å². The second kappa shape index (κ2) is 7.30. The van der Waals surface area contributed by atoms with Crippen LogP contribution in [0.25, 0.3) is 0 Å². The summed E-state index contributed by atoms with van der Waals surface area (Å²) >= 11 is 12.1. The third kappa shape index (κ3) is 4.36. The van der Waals surface area contributed by atoms with Gasteiger partial charge in [0.15, 0.2) is 5.84 Å². The second-order valence-corrected chi connectivity index (χ2v) is 9.58. The molecule has 0 bridgehead atoms. The Bertz CT molecular complexity index is 982. The minimum atomic E-state index is -3.55. The molecule has 144 valence electrons. The van der Waals surface area contributed by atoms with Crippen molar-refractivity contribution in [3.8, 4) is 0 Å². The second-order valence-electron chi connectivity index (χ2n) is 7.01. The zero-order valence-corrected chi connectivity index (χ0v) is 17.2. The summed E-state index contributed by atoms with van der Waals surface area (Å²) in [5, 5.41) is 3.78. The minimum Gasteiger partial charge on any atom is -0.351 e. The lowest BCUT2D eigenvalue weighted by Crippen LogP contribution is -2.44. The van der Waals surface area contributed by atoms with Gasteiger partial charge in [-0.25, -0.2) is 8.42 Å². The molecule has 0 aliphatic carbocycles. The van der Waals surface area contributed by atoms with Crippen molar-refractivity contribution < 1.29 is 13.2 Å². The van der Waals surface area contributed by atoms with Crippen LogP contribution in [-0.2, 0) is 20.2 Å². The van der Waals surface area contributed by atoms with Crippen molar-refractivity contribution in [3.63, 3.8) is 0 Å². The fraction of sp³-hybridized carbons (Fsp3) is 0.333. The van der Waals surface area contributed by atoms with Gasteiger partial charge >= 0.3 is 0 Å². The summed E-state index contributed by atoms with van der Waals surface area (Å²) in [7, 11) is -3.55. The molecule has 1 amide bonds. The van der Waals surface area contributed by atoms with E-state index in [2.05, 4.69) is 9.71 Å². The van der Waals surface area contributed by atoms with Crippen molar-refractivity contribution in [1.82, 2.24) is 10.2 Å². The molecular formula is C18H19Cl2N3O3S. The molecule has 0 unspecified atom stereocenters. The first-order valence-corrected chi connectivity index (χ1v) is 10.7. The monoisotopic (exact) mass is 427 g/mol. The Morgan fingerprint density at radius 1 is 1.30 bits per heavy atom. The molecule has 0 atom stereocenters. The van der Waals surface area contributed by atoms with E-state index in [1.54, 1.807) is 35.4 Å². The van der Waals surface area contributed by atoms with Gasteiger partial charge in [-0.15, -0.1) is 4.40 Å². The number of amides is 1. The van der Waals surface area contributed by atoms with Crippen LogP contribution in [-0.4, -0.2) is 43.9 Å². The highest BCUT2D eigenvalue weighted by molar-refractivity contribution is 7.90. The van der Waals surface area contributed by atoms with Crippen LogP contribution in [0.15, 0.2) is 46.5 Å². The van der Waals surface area contributed by atoms with E-state index in [1.165, 1.54) is 0 Å². The summed E-state index contributed by atoms with van der Waals surface area (Å²) in [6.07, 6.45) is 4.98. The van der Waals surface area contributed by atoms with Crippen LogP contribution in [0, 0.1) is 0 Å². The lowest BCUT2D eigenvalue weighted by Gasteiger charge is -2.30. The van der Waals surface area contributed by atoms with E-state index in [1.807, 2.05) is 19.9 Å². The molecule has 1 aromatic rings. The molecule has 1 aromatic carbocycles. The predicted octanol–water partition coefficient (Wildman–Crippen LogP) is 2.88. The van der Waals surface area contributed by atoms with E-state index in [0.29, 0.717) is 16.6 Å². The van der Waals surface area contributed by atoms with Gasteiger partial charge in [-0.05, 0) is 29.8 Å². The van der Waals surface area contributed by atoms with Crippen molar-refractivity contribution in [3.05, 3.63) is 57.7 Å². The van der Waals surface area contributed by atoms with Gasteiger partial charge in [-0.1, -0.05) is 43.1 Å². The SMILES string of the molecule is CC(C)(CNC(=O)C1=CC=CN2CCS(=O)(=O)N=C12)c1ccc(Cl)c(Cl)c1. The Morgan fingerprint density at radius 2 is 2.04 bits per heavy atom. The van der Waals surface area contributed by atoms with Crippen LogP contribution in [0.5, 0.6) is 0 Å². The van der Waals surface area contributed by atoms with Crippen LogP contribution in [0.4, 0.5) is 0 Å². The maximum atomic E-state index is 12.7. The molecule has 1 N–H and O–H groups in total. The lowest BCUT2D eigenvalue weighted by atomic mass is 9.84. The Balaban J connectivity index is 1.77. The maximum Gasteiger partial charge on any atom is 0.256 e. The molecule has 0 spiro atoms. The van der Waals surface area contributed by atoms with E-state index in [0.717, 1.165) is 5.56 Å². The first kappa shape index (κ1) is 19.9. The predicted molar refractivity (Wildman–Crippen MR) is 108 cm³/mol. The third-order valence-corrected chi connectivity index (χ3v) is 6.38. The van der Waals surface area contributed by atoms with Gasteiger partial charge in [0.1, 0.15) is 0 Å². The summed E-state index contributed by atoms with van der Waals surface area (Å²) < 4.78 is 27.4. The number of sulfonamides is 1. The summed E-state index contributed by atoms with van der Waals surface area (Å²) in [5.41, 5.74) is 0.745. The van der Waals surface area contributed by atoms with Gasteiger partial charge in [0.2, 0.25) is 0 Å². The summed E-state index contributed by atoms with van der Waals surface area (Å²) in [5.74, 6) is -0.290. The topological polar surface area (TPSA) is 78.8 Å². The molecule has 2 aliphatic rings. The number of nitrogens with zero attached hydrogens (tertiary/aromatic N) is 2. The van der Waals surface area contributed by atoms with Crippen molar-refractivity contribution >= 4 is 45.0 Å². The highest BCUT2D eigenvalue weighted by Crippen LogP contribution is 2.29. The van der Waals surface area contributed by atoms with E-state index in [9.17, 15) is 13.2 Å². The average Bonchev–Trinajstić information content (AvgIpc) is 2.60. The molecule has 2 heterocycles. The number of allylic oxidation sites excluding steroid dienone is 2. The number of rotatable bonds is 4. The van der Waals surface area contributed by atoms with E-state index < -0.39 is 15.4 Å². The molecule has 0 fully saturated rings. The molecule has 2 aliphatic heterocycles.